The van der Waals surface area contributed by atoms with Crippen LogP contribution in [-0.2, 0) is 10.3 Å². The van der Waals surface area contributed by atoms with Crippen LogP contribution in [-0.4, -0.2) is 32.0 Å². The predicted octanol–water partition coefficient (Wildman–Crippen LogP) is 3.46. The van der Waals surface area contributed by atoms with Crippen LogP contribution in [0.5, 0.6) is 0 Å². The average molecular weight is 347 g/mol. The Morgan fingerprint density at radius 3 is 2.58 bits per heavy atom. The van der Waals surface area contributed by atoms with E-state index in [1.54, 1.807) is 31.7 Å². The summed E-state index contributed by atoms with van der Waals surface area (Å²) in [5, 5.41) is 16.4. The summed E-state index contributed by atoms with van der Waals surface area (Å²) in [6.07, 6.45) is 2.96. The number of hydrogen-bond donors (Lipinski definition) is 2. The largest absolute Gasteiger partial charge is 0.479 e. The highest BCUT2D eigenvalue weighted by Crippen LogP contribution is 2.27. The van der Waals surface area contributed by atoms with Crippen LogP contribution in [0.3, 0.4) is 0 Å². The molecule has 0 saturated carbocycles. The van der Waals surface area contributed by atoms with Crippen molar-refractivity contribution >= 4 is 29.3 Å². The quantitative estimate of drug-likeness (QED) is 0.782. The van der Waals surface area contributed by atoms with Gasteiger partial charge in [-0.2, -0.15) is 5.10 Å². The predicted molar refractivity (Wildman–Crippen MR) is 94.6 cm³/mol. The topological polar surface area (TPSA) is 84.2 Å². The van der Waals surface area contributed by atoms with Crippen molar-refractivity contribution in [1.82, 2.24) is 9.78 Å². The molecule has 128 valence electrons. The minimum Gasteiger partial charge on any atom is -0.479 e. The molecule has 1 aromatic heterocycles. The maximum Gasteiger partial charge on any atom is 0.331 e. The maximum absolute atomic E-state index is 12.5. The number of amides is 1. The molecule has 0 radical (unpaired) electrons. The van der Waals surface area contributed by atoms with Crippen LogP contribution in [0.4, 0.5) is 5.69 Å². The molecule has 0 spiro atoms. The third-order valence-electron chi connectivity index (χ3n) is 3.43. The summed E-state index contributed by atoms with van der Waals surface area (Å²) in [4.78, 5) is 24.7. The normalized spacial score (nSPS) is 11.5. The van der Waals surface area contributed by atoms with Gasteiger partial charge in [-0.1, -0.05) is 26.0 Å². The summed E-state index contributed by atoms with van der Waals surface area (Å²) in [7, 11) is 0. The van der Waals surface area contributed by atoms with E-state index in [-0.39, 0.29) is 5.91 Å². The zero-order chi connectivity index (χ0) is 17.9. The number of benzene rings is 1. The summed E-state index contributed by atoms with van der Waals surface area (Å²) in [6.45, 7) is 7.22. The van der Waals surface area contributed by atoms with Gasteiger partial charge in [0, 0.05) is 16.3 Å². The van der Waals surface area contributed by atoms with E-state index in [0.717, 1.165) is 4.90 Å². The number of aliphatic carboxylic acids is 1. The molecule has 6 nitrogen and oxygen atoms in total. The first-order valence-electron chi connectivity index (χ1n) is 7.57. The monoisotopic (exact) mass is 347 g/mol. The first kappa shape index (κ1) is 18.1. The second-order valence-electron chi connectivity index (χ2n) is 6.15. The van der Waals surface area contributed by atoms with E-state index in [4.69, 9.17) is 0 Å². The molecule has 1 aromatic carbocycles. The van der Waals surface area contributed by atoms with Gasteiger partial charge < -0.3 is 10.4 Å². The Balaban J connectivity index is 2.20. The maximum atomic E-state index is 12.5. The van der Waals surface area contributed by atoms with Crippen molar-refractivity contribution in [3.63, 3.8) is 0 Å². The third kappa shape index (κ3) is 3.97. The van der Waals surface area contributed by atoms with Gasteiger partial charge in [-0.15, -0.1) is 11.8 Å². The van der Waals surface area contributed by atoms with Crippen LogP contribution >= 0.6 is 11.8 Å². The molecule has 0 bridgehead atoms. The molecule has 24 heavy (non-hydrogen) atoms. The fourth-order valence-electron chi connectivity index (χ4n) is 2.00. The van der Waals surface area contributed by atoms with Gasteiger partial charge in [0.15, 0.2) is 5.54 Å². The number of carboxylic acid groups (broad SMARTS) is 1. The van der Waals surface area contributed by atoms with Gasteiger partial charge in [-0.05, 0) is 26.0 Å². The number of carboxylic acids is 1. The number of carbonyl (C=O) groups excluding carboxylic acids is 1. The SMILES string of the molecule is CC(C)Sc1ccccc1C(=O)Nc1cnn(C(C)(C)C(=O)O)c1. The number of aromatic nitrogens is 2. The lowest BCUT2D eigenvalue weighted by molar-refractivity contribution is -0.146. The van der Waals surface area contributed by atoms with E-state index in [1.807, 2.05) is 18.2 Å². The van der Waals surface area contributed by atoms with Crippen molar-refractivity contribution in [3.05, 3.63) is 42.2 Å². The van der Waals surface area contributed by atoms with Crippen LogP contribution in [0.25, 0.3) is 0 Å². The van der Waals surface area contributed by atoms with Gasteiger partial charge in [0.25, 0.3) is 5.91 Å². The fraction of sp³-hybridized carbons (Fsp3) is 0.353. The third-order valence-corrected chi connectivity index (χ3v) is 4.51. The van der Waals surface area contributed by atoms with Gasteiger partial charge in [-0.3, -0.25) is 9.48 Å². The number of hydrogen-bond acceptors (Lipinski definition) is 4. The van der Waals surface area contributed by atoms with Gasteiger partial charge in [0.05, 0.1) is 17.4 Å². The van der Waals surface area contributed by atoms with Crippen LogP contribution in [0, 0.1) is 0 Å². The molecule has 0 unspecified atom stereocenters. The summed E-state index contributed by atoms with van der Waals surface area (Å²) >= 11 is 1.62. The second-order valence-corrected chi connectivity index (χ2v) is 7.77. The highest BCUT2D eigenvalue weighted by molar-refractivity contribution is 8.00. The summed E-state index contributed by atoms with van der Waals surface area (Å²) in [5.74, 6) is -1.24. The number of carbonyl (C=O) groups is 2. The lowest BCUT2D eigenvalue weighted by Gasteiger charge is -2.19. The van der Waals surface area contributed by atoms with Crippen molar-refractivity contribution in [2.45, 2.75) is 43.4 Å². The molecule has 0 atom stereocenters. The van der Waals surface area contributed by atoms with E-state index < -0.39 is 11.5 Å². The Bertz CT molecular complexity index is 753. The Kier molecular flexibility index (Phi) is 5.33. The van der Waals surface area contributed by atoms with Crippen molar-refractivity contribution in [2.75, 3.05) is 5.32 Å². The molecule has 0 saturated heterocycles. The minimum absolute atomic E-state index is 0.244. The number of nitrogens with one attached hydrogen (secondary N) is 1. The summed E-state index contributed by atoms with van der Waals surface area (Å²) < 4.78 is 1.32. The summed E-state index contributed by atoms with van der Waals surface area (Å²) in [5.41, 5.74) is -0.144. The van der Waals surface area contributed by atoms with Crippen LogP contribution < -0.4 is 5.32 Å². The number of thioether (sulfide) groups is 1. The first-order valence-corrected chi connectivity index (χ1v) is 8.45. The Morgan fingerprint density at radius 1 is 1.29 bits per heavy atom. The molecular weight excluding hydrogens is 326 g/mol. The Hall–Kier alpha value is -2.28. The first-order chi connectivity index (χ1) is 11.2. The Labute approximate surface area is 145 Å². The lowest BCUT2D eigenvalue weighted by atomic mass is 10.1. The molecule has 2 aromatic rings. The molecule has 0 aliphatic carbocycles. The zero-order valence-corrected chi connectivity index (χ0v) is 14.9. The smallest absolute Gasteiger partial charge is 0.331 e. The van der Waals surface area contributed by atoms with Gasteiger partial charge in [-0.25, -0.2) is 4.79 Å². The molecule has 2 N–H and O–H groups in total. The average Bonchev–Trinajstić information content (AvgIpc) is 2.96. The molecular formula is C17H21N3O3S. The zero-order valence-electron chi connectivity index (χ0n) is 14.1. The molecule has 7 heteroatoms. The summed E-state index contributed by atoms with van der Waals surface area (Å²) in [6, 6.07) is 7.40. The minimum atomic E-state index is -1.19. The molecule has 0 aliphatic rings. The molecule has 1 heterocycles. The highest BCUT2D eigenvalue weighted by atomic mass is 32.2. The van der Waals surface area contributed by atoms with Gasteiger partial charge in [0.2, 0.25) is 0 Å². The lowest BCUT2D eigenvalue weighted by Crippen LogP contribution is -2.35. The van der Waals surface area contributed by atoms with Crippen molar-refractivity contribution in [2.24, 2.45) is 0 Å². The molecule has 2 rings (SSSR count). The van der Waals surface area contributed by atoms with E-state index >= 15 is 0 Å². The van der Waals surface area contributed by atoms with Crippen LogP contribution in [0.15, 0.2) is 41.6 Å². The Morgan fingerprint density at radius 2 is 1.96 bits per heavy atom. The number of rotatable bonds is 6. The van der Waals surface area contributed by atoms with Crippen LogP contribution in [0.2, 0.25) is 0 Å². The van der Waals surface area contributed by atoms with Crippen molar-refractivity contribution in [3.8, 4) is 0 Å². The van der Waals surface area contributed by atoms with E-state index in [2.05, 4.69) is 24.3 Å². The van der Waals surface area contributed by atoms with Gasteiger partial charge >= 0.3 is 5.97 Å². The standard InChI is InChI=1S/C17H21N3O3S/c1-11(2)24-14-8-6-5-7-13(14)15(21)19-12-9-18-20(10-12)17(3,4)16(22)23/h5-11H,1-4H3,(H,19,21)(H,22,23). The second kappa shape index (κ2) is 7.09. The van der Waals surface area contributed by atoms with E-state index in [1.165, 1.54) is 17.1 Å². The molecule has 0 aliphatic heterocycles. The number of nitrogens with zero attached hydrogens (tertiary/aromatic N) is 2. The van der Waals surface area contributed by atoms with Crippen LogP contribution in [0.1, 0.15) is 38.1 Å². The fourth-order valence-corrected chi connectivity index (χ4v) is 2.95. The van der Waals surface area contributed by atoms with Gasteiger partial charge in [0.1, 0.15) is 0 Å². The van der Waals surface area contributed by atoms with E-state index in [9.17, 15) is 14.7 Å². The number of anilines is 1. The molecule has 0 fully saturated rings. The molecule has 1 amide bonds. The van der Waals surface area contributed by atoms with Crippen molar-refractivity contribution < 1.29 is 14.7 Å². The van der Waals surface area contributed by atoms with E-state index in [0.29, 0.717) is 16.5 Å². The highest BCUT2D eigenvalue weighted by Gasteiger charge is 2.30. The van der Waals surface area contributed by atoms with Crippen molar-refractivity contribution in [1.29, 1.82) is 0 Å².